The topological polar surface area (TPSA) is 97.0 Å². The number of rotatable bonds is 12. The third kappa shape index (κ3) is 9.09. The highest BCUT2D eigenvalue weighted by Crippen LogP contribution is 2.37. The van der Waals surface area contributed by atoms with Gasteiger partial charge in [-0.1, -0.05) is 55.9 Å². The fourth-order valence-corrected chi connectivity index (χ4v) is 6.73. The molecule has 3 aromatic carbocycles. The lowest BCUT2D eigenvalue weighted by Crippen LogP contribution is -2.44. The summed E-state index contributed by atoms with van der Waals surface area (Å²) < 4.78 is 48.3. The quantitative estimate of drug-likeness (QED) is 0.148. The van der Waals surface area contributed by atoms with Gasteiger partial charge in [-0.2, -0.15) is 0 Å². The summed E-state index contributed by atoms with van der Waals surface area (Å²) in [7, 11) is 1.67. The Morgan fingerprint density at radius 1 is 1.04 bits per heavy atom. The second-order valence-corrected chi connectivity index (χ2v) is 13.1. The van der Waals surface area contributed by atoms with Crippen LogP contribution in [0.3, 0.4) is 0 Å². The van der Waals surface area contributed by atoms with E-state index in [0.717, 1.165) is 52.7 Å². The maximum atomic E-state index is 12.4. The number of ether oxygens (including phenoxy) is 2. The first-order valence-electron chi connectivity index (χ1n) is 15.9. The largest absolute Gasteiger partial charge is 0.573 e. The van der Waals surface area contributed by atoms with Gasteiger partial charge in [0.15, 0.2) is 11.0 Å². The van der Waals surface area contributed by atoms with Crippen LogP contribution in [0.5, 0.6) is 11.5 Å². The summed E-state index contributed by atoms with van der Waals surface area (Å²) in [5.41, 5.74) is 4.75. The zero-order valence-corrected chi connectivity index (χ0v) is 28.4. The minimum atomic E-state index is -4.75. The highest BCUT2D eigenvalue weighted by molar-refractivity contribution is 8.14. The van der Waals surface area contributed by atoms with Gasteiger partial charge in [-0.25, -0.2) is 14.7 Å². The molecule has 4 aromatic rings. The standard InChI is InChI=1S/C35H41F3N6O3S/c1-22(2)30-17-16-29(46-5)20-31(30)44-24(4)18-19-48-34(44)41-33(45)40-23(3)6-7-25-8-10-26(11-9-25)32-39-21-43(42-32)27-12-14-28(15-13-27)47-35(36,37)38/h8-17,20-24,33,40,45H,6-7,18-19H2,1-5H3. The van der Waals surface area contributed by atoms with Crippen LogP contribution in [-0.2, 0) is 6.42 Å². The summed E-state index contributed by atoms with van der Waals surface area (Å²) in [5.74, 6) is 2.22. The number of thioether (sulfide) groups is 1. The molecule has 2 N–H and O–H groups in total. The normalized spacial score (nSPS) is 17.5. The summed E-state index contributed by atoms with van der Waals surface area (Å²) in [6.45, 7) is 8.56. The van der Waals surface area contributed by atoms with Crippen molar-refractivity contribution in [1.29, 1.82) is 0 Å². The smallest absolute Gasteiger partial charge is 0.497 e. The maximum Gasteiger partial charge on any atom is 0.573 e. The molecular formula is C35H41F3N6O3S. The first-order valence-corrected chi connectivity index (χ1v) is 16.9. The first-order chi connectivity index (χ1) is 22.9. The number of halogens is 3. The molecule has 256 valence electrons. The van der Waals surface area contributed by atoms with Gasteiger partial charge in [-0.3, -0.25) is 5.32 Å². The molecule has 0 aliphatic carbocycles. The van der Waals surface area contributed by atoms with Gasteiger partial charge in [-0.15, -0.1) is 18.3 Å². The van der Waals surface area contributed by atoms with Crippen molar-refractivity contribution >= 4 is 22.6 Å². The molecule has 1 aromatic heterocycles. The van der Waals surface area contributed by atoms with Crippen molar-refractivity contribution in [2.75, 3.05) is 17.8 Å². The number of amidine groups is 1. The van der Waals surface area contributed by atoms with Gasteiger partial charge < -0.3 is 19.5 Å². The van der Waals surface area contributed by atoms with Crippen LogP contribution in [0.1, 0.15) is 57.6 Å². The molecule has 1 aliphatic heterocycles. The van der Waals surface area contributed by atoms with Crippen LogP contribution in [0.2, 0.25) is 0 Å². The average Bonchev–Trinajstić information content (AvgIpc) is 3.54. The van der Waals surface area contributed by atoms with Crippen LogP contribution >= 0.6 is 11.8 Å². The zero-order chi connectivity index (χ0) is 34.4. The van der Waals surface area contributed by atoms with Crippen LogP contribution in [0.15, 0.2) is 78.0 Å². The van der Waals surface area contributed by atoms with Crippen molar-refractivity contribution in [3.05, 3.63) is 84.2 Å². The second kappa shape index (κ2) is 15.4. The number of hydrogen-bond donors (Lipinski definition) is 2. The molecule has 3 unspecified atom stereocenters. The van der Waals surface area contributed by atoms with Crippen LogP contribution in [0.4, 0.5) is 18.9 Å². The van der Waals surface area contributed by atoms with E-state index in [9.17, 15) is 18.3 Å². The lowest BCUT2D eigenvalue weighted by molar-refractivity contribution is -0.274. The molecule has 5 rings (SSSR count). The number of methoxy groups -OCH3 is 1. The summed E-state index contributed by atoms with van der Waals surface area (Å²) in [6, 6.07) is 19.7. The molecule has 0 spiro atoms. The van der Waals surface area contributed by atoms with Crippen LogP contribution in [0.25, 0.3) is 17.1 Å². The Morgan fingerprint density at radius 3 is 2.42 bits per heavy atom. The van der Waals surface area contributed by atoms with E-state index in [0.29, 0.717) is 17.4 Å². The molecule has 2 heterocycles. The number of aryl methyl sites for hydroxylation is 1. The van der Waals surface area contributed by atoms with Crippen LogP contribution in [0, 0.1) is 0 Å². The van der Waals surface area contributed by atoms with E-state index in [1.807, 2.05) is 37.3 Å². The highest BCUT2D eigenvalue weighted by Gasteiger charge is 2.31. The fourth-order valence-electron chi connectivity index (χ4n) is 5.50. The van der Waals surface area contributed by atoms with Crippen molar-refractivity contribution in [3.8, 4) is 28.6 Å². The number of nitrogens with zero attached hydrogens (tertiary/aromatic N) is 5. The first kappa shape index (κ1) is 35.2. The second-order valence-electron chi connectivity index (χ2n) is 12.1. The van der Waals surface area contributed by atoms with E-state index < -0.39 is 12.7 Å². The summed E-state index contributed by atoms with van der Waals surface area (Å²) in [6.07, 6.45) is -1.72. The summed E-state index contributed by atoms with van der Waals surface area (Å²) >= 11 is 1.65. The monoisotopic (exact) mass is 682 g/mol. The lowest BCUT2D eigenvalue weighted by atomic mass is 9.99. The number of nitrogens with one attached hydrogen (secondary N) is 1. The number of aliphatic hydroxyl groups excluding tert-OH is 1. The number of hydrogen-bond acceptors (Lipinski definition) is 8. The van der Waals surface area contributed by atoms with Crippen molar-refractivity contribution in [1.82, 2.24) is 20.1 Å². The van der Waals surface area contributed by atoms with Gasteiger partial charge in [0.25, 0.3) is 0 Å². The van der Waals surface area contributed by atoms with E-state index in [1.54, 1.807) is 18.9 Å². The Bertz CT molecular complexity index is 1680. The highest BCUT2D eigenvalue weighted by atomic mass is 32.2. The zero-order valence-electron chi connectivity index (χ0n) is 27.6. The Kier molecular flexibility index (Phi) is 11.3. The molecule has 0 bridgehead atoms. The Morgan fingerprint density at radius 2 is 1.75 bits per heavy atom. The van der Waals surface area contributed by atoms with E-state index >= 15 is 0 Å². The number of alkyl halides is 3. The van der Waals surface area contributed by atoms with Gasteiger partial charge in [0, 0.05) is 29.5 Å². The van der Waals surface area contributed by atoms with E-state index in [4.69, 9.17) is 9.73 Å². The van der Waals surface area contributed by atoms with Crippen LogP contribution in [-0.4, -0.2) is 62.7 Å². The predicted molar refractivity (Wildman–Crippen MR) is 184 cm³/mol. The van der Waals surface area contributed by atoms with Gasteiger partial charge in [0.2, 0.25) is 6.35 Å². The van der Waals surface area contributed by atoms with Crippen molar-refractivity contribution in [3.63, 3.8) is 0 Å². The Hall–Kier alpha value is -4.07. The van der Waals surface area contributed by atoms with Gasteiger partial charge in [0.05, 0.1) is 18.5 Å². The minimum Gasteiger partial charge on any atom is -0.497 e. The molecule has 48 heavy (non-hydrogen) atoms. The summed E-state index contributed by atoms with van der Waals surface area (Å²) in [4.78, 5) is 11.3. The molecule has 1 aliphatic rings. The number of aromatic nitrogens is 3. The Labute approximate surface area is 283 Å². The third-order valence-electron chi connectivity index (χ3n) is 8.10. The maximum absolute atomic E-state index is 12.4. The molecule has 9 nitrogen and oxygen atoms in total. The SMILES string of the molecule is COc1ccc(C(C)C)c(N2C(=NC(O)NC(C)CCc3ccc(-c4ncn(-c5ccc(OC(F)(F)F)cc5)n4)cc3)SCCC2C)c1. The molecule has 0 radical (unpaired) electrons. The molecule has 1 fully saturated rings. The molecular weight excluding hydrogens is 641 g/mol. The van der Waals surface area contributed by atoms with Crippen LogP contribution < -0.4 is 19.7 Å². The number of benzene rings is 3. The molecule has 13 heteroatoms. The van der Waals surface area contributed by atoms with Gasteiger partial charge >= 0.3 is 6.36 Å². The lowest BCUT2D eigenvalue weighted by Gasteiger charge is -2.38. The van der Waals surface area contributed by atoms with Gasteiger partial charge in [-0.05, 0) is 80.5 Å². The molecule has 1 saturated heterocycles. The summed E-state index contributed by atoms with van der Waals surface area (Å²) in [5, 5.41) is 19.5. The van der Waals surface area contributed by atoms with E-state index in [1.165, 1.54) is 40.8 Å². The number of anilines is 1. The van der Waals surface area contributed by atoms with Crippen molar-refractivity contribution in [2.45, 2.75) is 77.7 Å². The molecule has 3 atom stereocenters. The molecule has 0 saturated carbocycles. The van der Waals surface area contributed by atoms with Gasteiger partial charge in [0.1, 0.15) is 17.8 Å². The predicted octanol–water partition coefficient (Wildman–Crippen LogP) is 7.54. The number of aliphatic imine (C=N–C) groups is 1. The van der Waals surface area contributed by atoms with E-state index in [2.05, 4.69) is 57.9 Å². The minimum absolute atomic E-state index is 0.00294. The van der Waals surface area contributed by atoms with Crippen molar-refractivity contribution < 1.29 is 27.8 Å². The fraction of sp³-hybridized carbons (Fsp3) is 0.400. The van der Waals surface area contributed by atoms with E-state index in [-0.39, 0.29) is 17.8 Å². The Balaban J connectivity index is 1.18. The molecule has 0 amide bonds. The van der Waals surface area contributed by atoms with Crippen molar-refractivity contribution in [2.24, 2.45) is 4.99 Å². The number of aliphatic hydroxyl groups is 1. The average molecular weight is 683 g/mol. The third-order valence-corrected chi connectivity index (χ3v) is 9.10.